The van der Waals surface area contributed by atoms with Crippen molar-refractivity contribution in [2.45, 2.75) is 138 Å². The van der Waals surface area contributed by atoms with Gasteiger partial charge in [-0.25, -0.2) is 0 Å². The minimum atomic E-state index is 0.539. The van der Waals surface area contributed by atoms with Crippen molar-refractivity contribution in [1.82, 2.24) is 0 Å². The summed E-state index contributed by atoms with van der Waals surface area (Å²) in [7, 11) is 0. The molecule has 8 atom stereocenters. The number of allylic oxidation sites excluding steroid dienone is 2. The lowest BCUT2D eigenvalue weighted by Gasteiger charge is -2.61. The summed E-state index contributed by atoms with van der Waals surface area (Å²) in [4.78, 5) is 0. The van der Waals surface area contributed by atoms with E-state index in [-0.39, 0.29) is 0 Å². The molecule has 0 aromatic carbocycles. The van der Waals surface area contributed by atoms with Gasteiger partial charge in [0, 0.05) is 0 Å². The lowest BCUT2D eigenvalue weighted by Crippen LogP contribution is -2.53. The van der Waals surface area contributed by atoms with Crippen LogP contribution in [0.25, 0.3) is 0 Å². The zero-order chi connectivity index (χ0) is 22.9. The van der Waals surface area contributed by atoms with Gasteiger partial charge in [0.25, 0.3) is 0 Å². The van der Waals surface area contributed by atoms with E-state index in [2.05, 4.69) is 47.6 Å². The maximum Gasteiger partial charge on any atom is -0.00571 e. The average molecular weight is 441 g/mol. The molecule has 184 valence electrons. The molecular formula is C32H56. The number of fused-ring (bicyclic) bond motifs is 5. The highest BCUT2D eigenvalue weighted by Crippen LogP contribution is 2.69. The van der Waals surface area contributed by atoms with E-state index in [1.54, 1.807) is 12.8 Å². The van der Waals surface area contributed by atoms with Crippen LogP contribution >= 0.6 is 0 Å². The van der Waals surface area contributed by atoms with Crippen molar-refractivity contribution in [3.05, 3.63) is 11.6 Å². The molecule has 0 amide bonds. The molecule has 0 heterocycles. The maximum atomic E-state index is 2.76. The van der Waals surface area contributed by atoms with Gasteiger partial charge in [0.05, 0.1) is 0 Å². The van der Waals surface area contributed by atoms with Gasteiger partial charge in [-0.15, -0.1) is 0 Å². The molecule has 0 saturated heterocycles. The van der Waals surface area contributed by atoms with Gasteiger partial charge in [-0.05, 0) is 116 Å². The minimum Gasteiger partial charge on any atom is -0.0847 e. The Hall–Kier alpha value is -0.260. The quantitative estimate of drug-likeness (QED) is 0.247. The summed E-state index contributed by atoms with van der Waals surface area (Å²) >= 11 is 0. The molecule has 0 aromatic heterocycles. The second kappa shape index (κ2) is 10.2. The molecule has 0 nitrogen and oxygen atoms in total. The summed E-state index contributed by atoms with van der Waals surface area (Å²) in [6.45, 7) is 15.3. The normalized spacial score (nSPS) is 42.2. The molecular weight excluding hydrogens is 384 g/mol. The van der Waals surface area contributed by atoms with Crippen LogP contribution in [0.1, 0.15) is 138 Å². The summed E-state index contributed by atoms with van der Waals surface area (Å²) in [6.07, 6.45) is 24.8. The Morgan fingerprint density at radius 3 is 2.44 bits per heavy atom. The highest BCUT2D eigenvalue weighted by atomic mass is 14.6. The Morgan fingerprint density at radius 1 is 0.875 bits per heavy atom. The van der Waals surface area contributed by atoms with Gasteiger partial charge in [-0.3, -0.25) is 0 Å². The first kappa shape index (κ1) is 24.9. The van der Waals surface area contributed by atoms with Crippen LogP contribution in [0.5, 0.6) is 0 Å². The SMILES string of the molecule is CCCCCC1=CCCC2CC[C@H]3[C@@H]4CC[C@H]([C@H](C)CCCC(C)C)[C@@]4(C)CC[C@@H]3[C@@]12C. The Balaban J connectivity index is 1.49. The lowest BCUT2D eigenvalue weighted by molar-refractivity contribution is -0.0903. The molecule has 4 aliphatic rings. The fraction of sp³-hybridized carbons (Fsp3) is 0.938. The summed E-state index contributed by atoms with van der Waals surface area (Å²) in [5, 5.41) is 0. The van der Waals surface area contributed by atoms with Crippen LogP contribution in [-0.4, -0.2) is 0 Å². The third-order valence-electron chi connectivity index (χ3n) is 11.8. The number of hydrogen-bond donors (Lipinski definition) is 0. The van der Waals surface area contributed by atoms with E-state index in [9.17, 15) is 0 Å². The van der Waals surface area contributed by atoms with E-state index in [1.807, 2.05) is 5.57 Å². The van der Waals surface area contributed by atoms with Crippen LogP contribution in [-0.2, 0) is 0 Å². The Labute approximate surface area is 201 Å². The van der Waals surface area contributed by atoms with E-state index in [0.717, 1.165) is 41.4 Å². The Bertz CT molecular complexity index is 642. The Morgan fingerprint density at radius 2 is 1.69 bits per heavy atom. The van der Waals surface area contributed by atoms with Crippen molar-refractivity contribution in [2.24, 2.45) is 52.3 Å². The highest BCUT2D eigenvalue weighted by molar-refractivity contribution is 5.24. The predicted molar refractivity (Wildman–Crippen MR) is 141 cm³/mol. The third-order valence-corrected chi connectivity index (χ3v) is 11.8. The molecule has 32 heavy (non-hydrogen) atoms. The molecule has 0 radical (unpaired) electrons. The summed E-state index contributed by atoms with van der Waals surface area (Å²) in [6, 6.07) is 0. The van der Waals surface area contributed by atoms with Crippen molar-refractivity contribution in [3.8, 4) is 0 Å². The van der Waals surface area contributed by atoms with Crippen molar-refractivity contribution in [2.75, 3.05) is 0 Å². The maximum absolute atomic E-state index is 2.76. The van der Waals surface area contributed by atoms with Crippen LogP contribution in [0.4, 0.5) is 0 Å². The van der Waals surface area contributed by atoms with E-state index < -0.39 is 0 Å². The smallest absolute Gasteiger partial charge is 0.00571 e. The van der Waals surface area contributed by atoms with Crippen molar-refractivity contribution >= 4 is 0 Å². The average Bonchev–Trinajstić information content (AvgIpc) is 3.11. The number of hydrogen-bond acceptors (Lipinski definition) is 0. The van der Waals surface area contributed by atoms with E-state index in [4.69, 9.17) is 0 Å². The Kier molecular flexibility index (Phi) is 7.89. The first-order chi connectivity index (χ1) is 15.3. The zero-order valence-corrected chi connectivity index (χ0v) is 22.7. The third kappa shape index (κ3) is 4.40. The first-order valence-electron chi connectivity index (χ1n) is 15.0. The van der Waals surface area contributed by atoms with Crippen LogP contribution in [0, 0.1) is 52.3 Å². The zero-order valence-electron chi connectivity index (χ0n) is 22.7. The second-order valence-corrected chi connectivity index (χ2v) is 13.7. The van der Waals surface area contributed by atoms with Gasteiger partial charge >= 0.3 is 0 Å². The summed E-state index contributed by atoms with van der Waals surface area (Å²) < 4.78 is 0. The van der Waals surface area contributed by atoms with Crippen molar-refractivity contribution in [3.63, 3.8) is 0 Å². The van der Waals surface area contributed by atoms with Gasteiger partial charge < -0.3 is 0 Å². The molecule has 0 aliphatic heterocycles. The van der Waals surface area contributed by atoms with Gasteiger partial charge in [0.2, 0.25) is 0 Å². The standard InChI is InChI=1S/C32H56/c1-7-8-9-14-25-15-11-16-26-17-18-27-29-20-19-28(24(4)13-10-12-23(2)3)31(29,5)22-21-30(27)32(25,26)6/h15,23-24,26-30H,7-14,16-22H2,1-6H3/t24-,26?,27+,28-,29+,30+,31-,32+/m1/s1. The van der Waals surface area contributed by atoms with E-state index in [0.29, 0.717) is 10.8 Å². The monoisotopic (exact) mass is 440 g/mol. The van der Waals surface area contributed by atoms with Crippen molar-refractivity contribution < 1.29 is 0 Å². The minimum absolute atomic E-state index is 0.539. The molecule has 0 aromatic rings. The molecule has 4 rings (SSSR count). The van der Waals surface area contributed by atoms with Gasteiger partial charge in [-0.2, -0.15) is 0 Å². The van der Waals surface area contributed by atoms with E-state index in [1.165, 1.54) is 83.5 Å². The predicted octanol–water partition coefficient (Wildman–Crippen LogP) is 10.2. The molecule has 0 heteroatoms. The van der Waals surface area contributed by atoms with Gasteiger partial charge in [0.1, 0.15) is 0 Å². The number of rotatable bonds is 9. The van der Waals surface area contributed by atoms with Crippen LogP contribution in [0.2, 0.25) is 0 Å². The van der Waals surface area contributed by atoms with Crippen molar-refractivity contribution in [1.29, 1.82) is 0 Å². The van der Waals surface area contributed by atoms with Crippen LogP contribution < -0.4 is 0 Å². The van der Waals surface area contributed by atoms with E-state index >= 15 is 0 Å². The van der Waals surface area contributed by atoms with Gasteiger partial charge in [0.15, 0.2) is 0 Å². The van der Waals surface area contributed by atoms with Crippen LogP contribution in [0.3, 0.4) is 0 Å². The molecule has 3 fully saturated rings. The molecule has 0 bridgehead atoms. The first-order valence-corrected chi connectivity index (χ1v) is 15.0. The molecule has 0 N–H and O–H groups in total. The second-order valence-electron chi connectivity index (χ2n) is 13.7. The van der Waals surface area contributed by atoms with Crippen LogP contribution in [0.15, 0.2) is 11.6 Å². The fourth-order valence-corrected chi connectivity index (χ4v) is 10.0. The molecule has 3 saturated carbocycles. The molecule has 0 spiro atoms. The molecule has 1 unspecified atom stereocenters. The highest BCUT2D eigenvalue weighted by Gasteiger charge is 2.60. The summed E-state index contributed by atoms with van der Waals surface area (Å²) in [5.74, 6) is 6.83. The fourth-order valence-electron chi connectivity index (χ4n) is 10.0. The summed E-state index contributed by atoms with van der Waals surface area (Å²) in [5.41, 5.74) is 3.09. The topological polar surface area (TPSA) is 0 Å². The lowest BCUT2D eigenvalue weighted by atomic mass is 9.44. The number of unbranched alkanes of at least 4 members (excludes halogenated alkanes) is 2. The van der Waals surface area contributed by atoms with Gasteiger partial charge in [-0.1, -0.05) is 85.3 Å². The largest absolute Gasteiger partial charge is 0.0847 e. The molecule has 4 aliphatic carbocycles.